The minimum atomic E-state index is 0.365. The van der Waals surface area contributed by atoms with Gasteiger partial charge >= 0.3 is 0 Å². The van der Waals surface area contributed by atoms with Gasteiger partial charge < -0.3 is 4.90 Å². The van der Waals surface area contributed by atoms with Crippen molar-refractivity contribution in [3.8, 4) is 0 Å². The minimum absolute atomic E-state index is 0.365. The van der Waals surface area contributed by atoms with Crippen LogP contribution in [0.4, 0.5) is 0 Å². The summed E-state index contributed by atoms with van der Waals surface area (Å²) in [4.78, 5) is 5.25. The highest BCUT2D eigenvalue weighted by molar-refractivity contribution is 4.87. The molecule has 0 bridgehead atoms. The van der Waals surface area contributed by atoms with Crippen LogP contribution < -0.4 is 0 Å². The monoisotopic (exact) mass is 240 g/mol. The van der Waals surface area contributed by atoms with Crippen LogP contribution in [0.3, 0.4) is 0 Å². The molecule has 102 valence electrons. The van der Waals surface area contributed by atoms with Gasteiger partial charge in [-0.15, -0.1) is 0 Å². The van der Waals surface area contributed by atoms with Gasteiger partial charge in [0.1, 0.15) is 0 Å². The smallest absolute Gasteiger partial charge is 0.0156 e. The Morgan fingerprint density at radius 1 is 1.00 bits per heavy atom. The van der Waals surface area contributed by atoms with Gasteiger partial charge in [-0.2, -0.15) is 0 Å². The average Bonchev–Trinajstić information content (AvgIpc) is 2.28. The van der Waals surface area contributed by atoms with Gasteiger partial charge in [0.05, 0.1) is 0 Å². The summed E-state index contributed by atoms with van der Waals surface area (Å²) in [5.74, 6) is 1.61. The van der Waals surface area contributed by atoms with Crippen LogP contribution in [0.25, 0.3) is 0 Å². The van der Waals surface area contributed by atoms with Crippen LogP contribution in [0.15, 0.2) is 0 Å². The van der Waals surface area contributed by atoms with Gasteiger partial charge in [-0.25, -0.2) is 0 Å². The molecular weight excluding hydrogens is 208 g/mol. The van der Waals surface area contributed by atoms with Crippen molar-refractivity contribution in [1.82, 2.24) is 9.80 Å². The van der Waals surface area contributed by atoms with E-state index in [0.29, 0.717) is 5.54 Å². The molecule has 0 aliphatic carbocycles. The van der Waals surface area contributed by atoms with E-state index in [1.54, 1.807) is 0 Å². The molecular formula is C15H32N2. The molecule has 1 saturated heterocycles. The summed E-state index contributed by atoms with van der Waals surface area (Å²) in [6, 6.07) is 0. The first kappa shape index (κ1) is 15.0. The summed E-state index contributed by atoms with van der Waals surface area (Å²) in [7, 11) is 0. The Kier molecular flexibility index (Phi) is 5.46. The predicted octanol–water partition coefficient (Wildman–Crippen LogP) is 3.08. The molecule has 1 aliphatic heterocycles. The zero-order valence-corrected chi connectivity index (χ0v) is 12.8. The van der Waals surface area contributed by atoms with Crippen molar-refractivity contribution in [3.63, 3.8) is 0 Å². The molecule has 0 amide bonds. The first-order chi connectivity index (χ1) is 7.86. The molecule has 1 fully saturated rings. The molecule has 1 heterocycles. The standard InChI is InChI=1S/C15H32N2/c1-7-16-8-10-17(11-9-16)15(5,6)12-14(4)13(2)3/h13-14H,7-12H2,1-6H3. The third-order valence-electron chi connectivity index (χ3n) is 4.64. The third-order valence-corrected chi connectivity index (χ3v) is 4.64. The number of nitrogens with zero attached hydrogens (tertiary/aromatic N) is 2. The van der Waals surface area contributed by atoms with Gasteiger partial charge in [-0.3, -0.25) is 4.90 Å². The predicted molar refractivity (Wildman–Crippen MR) is 76.4 cm³/mol. The zero-order chi connectivity index (χ0) is 13.1. The lowest BCUT2D eigenvalue weighted by molar-refractivity contribution is 0.0366. The summed E-state index contributed by atoms with van der Waals surface area (Å²) in [6.07, 6.45) is 1.32. The second kappa shape index (κ2) is 6.19. The van der Waals surface area contributed by atoms with E-state index in [1.165, 1.54) is 39.1 Å². The molecule has 0 aromatic heterocycles. The van der Waals surface area contributed by atoms with E-state index < -0.39 is 0 Å². The summed E-state index contributed by atoms with van der Waals surface area (Å²) in [5, 5.41) is 0. The topological polar surface area (TPSA) is 6.48 Å². The summed E-state index contributed by atoms with van der Waals surface area (Å²) in [5.41, 5.74) is 0.365. The quantitative estimate of drug-likeness (QED) is 0.728. The highest BCUT2D eigenvalue weighted by atomic mass is 15.3. The van der Waals surface area contributed by atoms with E-state index in [2.05, 4.69) is 51.3 Å². The van der Waals surface area contributed by atoms with Crippen molar-refractivity contribution in [1.29, 1.82) is 0 Å². The highest BCUT2D eigenvalue weighted by Gasteiger charge is 2.31. The third kappa shape index (κ3) is 4.26. The molecule has 1 aliphatic rings. The summed E-state index contributed by atoms with van der Waals surface area (Å²) >= 11 is 0. The van der Waals surface area contributed by atoms with Crippen molar-refractivity contribution in [2.75, 3.05) is 32.7 Å². The van der Waals surface area contributed by atoms with Crippen molar-refractivity contribution >= 4 is 0 Å². The van der Waals surface area contributed by atoms with Crippen molar-refractivity contribution in [2.24, 2.45) is 11.8 Å². The second-order valence-electron chi connectivity index (χ2n) is 6.66. The fourth-order valence-electron chi connectivity index (χ4n) is 2.82. The van der Waals surface area contributed by atoms with E-state index in [-0.39, 0.29) is 0 Å². The van der Waals surface area contributed by atoms with Crippen molar-refractivity contribution < 1.29 is 0 Å². The Morgan fingerprint density at radius 3 is 1.94 bits per heavy atom. The molecule has 0 aromatic rings. The van der Waals surface area contributed by atoms with E-state index in [4.69, 9.17) is 0 Å². The highest BCUT2D eigenvalue weighted by Crippen LogP contribution is 2.28. The molecule has 0 aromatic carbocycles. The Morgan fingerprint density at radius 2 is 1.53 bits per heavy atom. The van der Waals surface area contributed by atoms with Crippen LogP contribution in [0.5, 0.6) is 0 Å². The Balaban J connectivity index is 2.48. The normalized spacial score (nSPS) is 22.1. The molecule has 2 nitrogen and oxygen atoms in total. The van der Waals surface area contributed by atoms with Crippen LogP contribution in [0, 0.1) is 11.8 Å². The summed E-state index contributed by atoms with van der Waals surface area (Å²) < 4.78 is 0. The maximum absolute atomic E-state index is 2.69. The number of likely N-dealkylation sites (N-methyl/N-ethyl adjacent to an activating group) is 1. The van der Waals surface area contributed by atoms with Gasteiger partial charge in [-0.05, 0) is 38.6 Å². The second-order valence-corrected chi connectivity index (χ2v) is 6.66. The fourth-order valence-corrected chi connectivity index (χ4v) is 2.82. The van der Waals surface area contributed by atoms with E-state index in [0.717, 1.165) is 11.8 Å². The minimum Gasteiger partial charge on any atom is -0.301 e. The zero-order valence-electron chi connectivity index (χ0n) is 12.8. The average molecular weight is 240 g/mol. The maximum Gasteiger partial charge on any atom is 0.0156 e. The molecule has 1 unspecified atom stereocenters. The number of hydrogen-bond donors (Lipinski definition) is 0. The molecule has 0 N–H and O–H groups in total. The Labute approximate surface area is 108 Å². The first-order valence-corrected chi connectivity index (χ1v) is 7.34. The maximum atomic E-state index is 2.69. The Bertz CT molecular complexity index is 215. The largest absolute Gasteiger partial charge is 0.301 e. The van der Waals surface area contributed by atoms with Crippen LogP contribution in [0.2, 0.25) is 0 Å². The Hall–Kier alpha value is -0.0800. The SMILES string of the molecule is CCN1CCN(C(C)(C)CC(C)C(C)C)CC1. The lowest BCUT2D eigenvalue weighted by atomic mass is 9.83. The molecule has 1 atom stereocenters. The van der Waals surface area contributed by atoms with Crippen LogP contribution in [-0.2, 0) is 0 Å². The molecule has 0 spiro atoms. The lowest BCUT2D eigenvalue weighted by Crippen LogP contribution is -2.55. The van der Waals surface area contributed by atoms with Crippen LogP contribution in [-0.4, -0.2) is 48.1 Å². The molecule has 2 heteroatoms. The van der Waals surface area contributed by atoms with E-state index in [9.17, 15) is 0 Å². The molecule has 17 heavy (non-hydrogen) atoms. The number of piperazine rings is 1. The first-order valence-electron chi connectivity index (χ1n) is 7.34. The molecule has 1 rings (SSSR count). The molecule has 0 saturated carbocycles. The molecule has 0 radical (unpaired) electrons. The van der Waals surface area contributed by atoms with Crippen LogP contribution >= 0.6 is 0 Å². The van der Waals surface area contributed by atoms with Gasteiger partial charge in [-0.1, -0.05) is 27.7 Å². The van der Waals surface area contributed by atoms with Gasteiger partial charge in [0.15, 0.2) is 0 Å². The lowest BCUT2D eigenvalue weighted by Gasteiger charge is -2.45. The fraction of sp³-hybridized carbons (Fsp3) is 1.00. The van der Waals surface area contributed by atoms with E-state index in [1.807, 2.05) is 0 Å². The van der Waals surface area contributed by atoms with Crippen molar-refractivity contribution in [2.45, 2.75) is 53.5 Å². The van der Waals surface area contributed by atoms with Gasteiger partial charge in [0.25, 0.3) is 0 Å². The number of hydrogen-bond acceptors (Lipinski definition) is 2. The van der Waals surface area contributed by atoms with Crippen molar-refractivity contribution in [3.05, 3.63) is 0 Å². The van der Waals surface area contributed by atoms with Gasteiger partial charge in [0.2, 0.25) is 0 Å². The van der Waals surface area contributed by atoms with Gasteiger partial charge in [0, 0.05) is 31.7 Å². The van der Waals surface area contributed by atoms with E-state index >= 15 is 0 Å². The van der Waals surface area contributed by atoms with Crippen LogP contribution in [0.1, 0.15) is 48.0 Å². The number of rotatable bonds is 5. The summed E-state index contributed by atoms with van der Waals surface area (Å²) in [6.45, 7) is 20.4.